The van der Waals surface area contributed by atoms with E-state index in [2.05, 4.69) is 20.9 Å². The van der Waals surface area contributed by atoms with Crippen molar-refractivity contribution in [2.24, 2.45) is 0 Å². The monoisotopic (exact) mass is 608 g/mol. The molecule has 4 N–H and O–H groups in total. The van der Waals surface area contributed by atoms with Crippen molar-refractivity contribution in [3.63, 3.8) is 0 Å². The highest BCUT2D eigenvalue weighted by Crippen LogP contribution is 2.28. The summed E-state index contributed by atoms with van der Waals surface area (Å²) in [6, 6.07) is 29.0. The van der Waals surface area contributed by atoms with E-state index >= 15 is 0 Å². The molecule has 3 amide bonds. The largest absolute Gasteiger partial charge is 0.361 e. The molecule has 216 valence electrons. The van der Waals surface area contributed by atoms with Gasteiger partial charge in [0.05, 0.1) is 5.25 Å². The maximum atomic E-state index is 13.4. The molecular formula is C34H29ClN4O3S. The second kappa shape index (κ2) is 13.5. The summed E-state index contributed by atoms with van der Waals surface area (Å²) in [5, 5.41) is 9.72. The number of carbonyl (C=O) groups excluding carboxylic acids is 3. The van der Waals surface area contributed by atoms with Crippen molar-refractivity contribution in [1.82, 2.24) is 10.3 Å². The molecule has 43 heavy (non-hydrogen) atoms. The molecule has 0 unspecified atom stereocenters. The fourth-order valence-corrected chi connectivity index (χ4v) is 5.40. The van der Waals surface area contributed by atoms with Crippen LogP contribution in [0.3, 0.4) is 0 Å². The number of halogens is 1. The summed E-state index contributed by atoms with van der Waals surface area (Å²) in [6.45, 7) is 3.68. The van der Waals surface area contributed by atoms with E-state index < -0.39 is 11.8 Å². The van der Waals surface area contributed by atoms with Gasteiger partial charge in [-0.15, -0.1) is 11.8 Å². The molecule has 4 aromatic carbocycles. The number of nitrogens with one attached hydrogen (secondary N) is 4. The molecule has 0 spiro atoms. The Morgan fingerprint density at radius 2 is 1.58 bits per heavy atom. The molecule has 7 nitrogen and oxygen atoms in total. The van der Waals surface area contributed by atoms with Gasteiger partial charge >= 0.3 is 0 Å². The summed E-state index contributed by atoms with van der Waals surface area (Å²) >= 11 is 7.57. The molecule has 0 aliphatic rings. The van der Waals surface area contributed by atoms with Gasteiger partial charge in [-0.2, -0.15) is 0 Å². The van der Waals surface area contributed by atoms with Crippen LogP contribution in [0.25, 0.3) is 17.0 Å². The number of para-hydroxylation sites is 1. The van der Waals surface area contributed by atoms with Gasteiger partial charge in [0.15, 0.2) is 0 Å². The van der Waals surface area contributed by atoms with E-state index in [4.69, 9.17) is 11.6 Å². The molecule has 1 aromatic heterocycles. The highest BCUT2D eigenvalue weighted by atomic mass is 35.5. The summed E-state index contributed by atoms with van der Waals surface area (Å²) < 4.78 is 0. The molecule has 0 fully saturated rings. The zero-order chi connectivity index (χ0) is 30.3. The average Bonchev–Trinajstić information content (AvgIpc) is 3.43. The summed E-state index contributed by atoms with van der Waals surface area (Å²) in [7, 11) is 0. The number of anilines is 2. The van der Waals surface area contributed by atoms with Crippen molar-refractivity contribution in [3.8, 4) is 0 Å². The van der Waals surface area contributed by atoms with E-state index in [-0.39, 0.29) is 16.9 Å². The quantitative estimate of drug-likeness (QED) is 0.102. The molecule has 0 aliphatic heterocycles. The Balaban J connectivity index is 1.29. The van der Waals surface area contributed by atoms with Gasteiger partial charge in [-0.25, -0.2) is 0 Å². The predicted molar refractivity (Wildman–Crippen MR) is 175 cm³/mol. The minimum atomic E-state index is -0.473. The molecule has 0 aliphatic carbocycles. The first kappa shape index (κ1) is 29.7. The third-order valence-corrected chi connectivity index (χ3v) is 8.29. The number of aromatic nitrogens is 1. The van der Waals surface area contributed by atoms with Crippen LogP contribution in [0.1, 0.15) is 28.4 Å². The van der Waals surface area contributed by atoms with E-state index in [1.807, 2.05) is 62.4 Å². The molecule has 5 aromatic rings. The van der Waals surface area contributed by atoms with Crippen LogP contribution in [-0.2, 0) is 9.59 Å². The smallest absolute Gasteiger partial charge is 0.272 e. The lowest BCUT2D eigenvalue weighted by atomic mass is 10.1. The normalized spacial score (nSPS) is 12.0. The van der Waals surface area contributed by atoms with Crippen LogP contribution in [0.2, 0.25) is 5.02 Å². The lowest BCUT2D eigenvalue weighted by Crippen LogP contribution is -2.30. The number of H-pyrrole nitrogens is 1. The number of amides is 3. The standard InChI is InChI=1S/C34H29ClN4O3S/c1-21-28(35)12-8-14-29(21)38-32(40)22(2)43-26-17-15-25(16-18-26)37-34(42)31(39-33(41)23-9-4-3-5-10-23)19-24-20-36-30-13-7-6-11-27(24)30/h3-20,22,36H,1-2H3,(H,37,42)(H,38,40)(H,39,41)/b31-19+/t22-/m0/s1. The SMILES string of the molecule is Cc1c(Cl)cccc1NC(=O)[C@H](C)Sc1ccc(NC(=O)/C(=C\c2c[nH]c3ccccc23)NC(=O)c2ccccc2)cc1. The van der Waals surface area contributed by atoms with Gasteiger partial charge in [0, 0.05) is 49.5 Å². The van der Waals surface area contributed by atoms with Crippen LogP contribution >= 0.6 is 23.4 Å². The van der Waals surface area contributed by atoms with Gasteiger partial charge in [0.1, 0.15) is 5.70 Å². The molecule has 0 bridgehead atoms. The average molecular weight is 609 g/mol. The maximum absolute atomic E-state index is 13.4. The molecule has 1 atom stereocenters. The van der Waals surface area contributed by atoms with Crippen molar-refractivity contribution < 1.29 is 14.4 Å². The fraction of sp³-hybridized carbons (Fsp3) is 0.0882. The van der Waals surface area contributed by atoms with E-state index in [0.29, 0.717) is 22.0 Å². The van der Waals surface area contributed by atoms with Crippen molar-refractivity contribution in [3.05, 3.63) is 131 Å². The van der Waals surface area contributed by atoms with E-state index in [0.717, 1.165) is 26.9 Å². The van der Waals surface area contributed by atoms with Crippen molar-refractivity contribution >= 4 is 69.4 Å². The van der Waals surface area contributed by atoms with Crippen LogP contribution in [0.15, 0.2) is 114 Å². The molecule has 0 saturated carbocycles. The molecule has 0 radical (unpaired) electrons. The first-order chi connectivity index (χ1) is 20.8. The Bertz CT molecular complexity index is 1820. The van der Waals surface area contributed by atoms with Crippen LogP contribution < -0.4 is 16.0 Å². The zero-order valence-electron chi connectivity index (χ0n) is 23.5. The fourth-order valence-electron chi connectivity index (χ4n) is 4.36. The summed E-state index contributed by atoms with van der Waals surface area (Å²) in [4.78, 5) is 43.3. The number of rotatable bonds is 9. The summed E-state index contributed by atoms with van der Waals surface area (Å²) in [5.74, 6) is -1.01. The van der Waals surface area contributed by atoms with Gasteiger partial charge in [0.25, 0.3) is 11.8 Å². The Kier molecular flexibility index (Phi) is 9.29. The number of fused-ring (bicyclic) bond motifs is 1. The second-order valence-electron chi connectivity index (χ2n) is 9.81. The van der Waals surface area contributed by atoms with Gasteiger partial charge in [-0.05, 0) is 80.1 Å². The first-order valence-corrected chi connectivity index (χ1v) is 14.8. The number of hydrogen-bond donors (Lipinski definition) is 4. The van der Waals surface area contributed by atoms with Gasteiger partial charge in [-0.1, -0.05) is 54.1 Å². The Labute approximate surface area is 258 Å². The van der Waals surface area contributed by atoms with Crippen molar-refractivity contribution in [2.45, 2.75) is 24.0 Å². The third-order valence-electron chi connectivity index (χ3n) is 6.77. The molecule has 1 heterocycles. The summed E-state index contributed by atoms with van der Waals surface area (Å²) in [6.07, 6.45) is 3.45. The van der Waals surface area contributed by atoms with Crippen molar-refractivity contribution in [1.29, 1.82) is 0 Å². The van der Waals surface area contributed by atoms with E-state index in [1.165, 1.54) is 11.8 Å². The van der Waals surface area contributed by atoms with E-state index in [9.17, 15) is 14.4 Å². The van der Waals surface area contributed by atoms with Crippen LogP contribution in [0.4, 0.5) is 11.4 Å². The molecule has 0 saturated heterocycles. The minimum Gasteiger partial charge on any atom is -0.361 e. The lowest BCUT2D eigenvalue weighted by molar-refractivity contribution is -0.115. The first-order valence-electron chi connectivity index (χ1n) is 13.6. The Morgan fingerprint density at radius 1 is 0.860 bits per heavy atom. The Morgan fingerprint density at radius 3 is 2.35 bits per heavy atom. The van der Waals surface area contributed by atoms with Crippen LogP contribution in [0, 0.1) is 6.92 Å². The number of thioether (sulfide) groups is 1. The number of benzene rings is 4. The number of carbonyl (C=O) groups is 3. The molecule has 9 heteroatoms. The van der Waals surface area contributed by atoms with Gasteiger partial charge in [-0.3, -0.25) is 14.4 Å². The molecular weight excluding hydrogens is 580 g/mol. The third kappa shape index (κ3) is 7.35. The number of hydrogen-bond acceptors (Lipinski definition) is 4. The lowest BCUT2D eigenvalue weighted by Gasteiger charge is -2.15. The topological polar surface area (TPSA) is 103 Å². The minimum absolute atomic E-state index is 0.0960. The predicted octanol–water partition coefficient (Wildman–Crippen LogP) is 7.66. The van der Waals surface area contributed by atoms with Gasteiger partial charge < -0.3 is 20.9 Å². The summed E-state index contributed by atoms with van der Waals surface area (Å²) in [5.41, 5.74) is 4.25. The van der Waals surface area contributed by atoms with Crippen LogP contribution in [-0.4, -0.2) is 28.0 Å². The van der Waals surface area contributed by atoms with Gasteiger partial charge in [0.2, 0.25) is 5.91 Å². The second-order valence-corrected chi connectivity index (χ2v) is 11.6. The van der Waals surface area contributed by atoms with Crippen LogP contribution in [0.5, 0.6) is 0 Å². The highest BCUT2D eigenvalue weighted by molar-refractivity contribution is 8.00. The number of aromatic amines is 1. The van der Waals surface area contributed by atoms with Crippen molar-refractivity contribution in [2.75, 3.05) is 10.6 Å². The zero-order valence-corrected chi connectivity index (χ0v) is 25.1. The molecule has 5 rings (SSSR count). The van der Waals surface area contributed by atoms with E-state index in [1.54, 1.807) is 60.8 Å². The highest BCUT2D eigenvalue weighted by Gasteiger charge is 2.18. The maximum Gasteiger partial charge on any atom is 0.272 e. The Hall–Kier alpha value is -4.79.